The molecule has 3 aliphatic rings. The third-order valence-corrected chi connectivity index (χ3v) is 6.61. The van der Waals surface area contributed by atoms with Crippen molar-refractivity contribution in [2.24, 2.45) is 5.92 Å². The van der Waals surface area contributed by atoms with E-state index in [1.54, 1.807) is 21.3 Å². The second-order valence-corrected chi connectivity index (χ2v) is 8.29. The first-order chi connectivity index (χ1) is 19.1. The lowest BCUT2D eigenvalue weighted by Gasteiger charge is -2.42. The number of rotatable bonds is 5. The molecule has 3 aliphatic heterocycles. The number of ether oxygens (including phenoxy) is 6. The third-order valence-electron chi connectivity index (χ3n) is 6.61. The molecule has 2 aromatic carbocycles. The van der Waals surface area contributed by atoms with Crippen molar-refractivity contribution in [1.29, 1.82) is 0 Å². The number of likely N-dealkylation sites (tertiary alicyclic amines) is 1. The highest BCUT2D eigenvalue weighted by Crippen LogP contribution is 2.52. The Bertz CT molecular complexity index is 948. The van der Waals surface area contributed by atoms with Gasteiger partial charge in [0.1, 0.15) is 5.75 Å². The van der Waals surface area contributed by atoms with Crippen molar-refractivity contribution in [3.05, 3.63) is 35.4 Å². The molecule has 2 aromatic rings. The summed E-state index contributed by atoms with van der Waals surface area (Å²) in [5.41, 5.74) is 2.18. The van der Waals surface area contributed by atoms with Gasteiger partial charge in [-0.25, -0.2) is 0 Å². The number of nitrogens with zero attached hydrogens (tertiary/aromatic N) is 1. The molecule has 1 fully saturated rings. The Hall–Kier alpha value is -2.80. The molecule has 222 valence electrons. The molecule has 0 bridgehead atoms. The van der Waals surface area contributed by atoms with Gasteiger partial charge in [0, 0.05) is 36.6 Å². The predicted molar refractivity (Wildman–Crippen MR) is 160 cm³/mol. The van der Waals surface area contributed by atoms with E-state index in [4.69, 9.17) is 28.4 Å². The largest absolute Gasteiger partial charge is 0.493 e. The van der Waals surface area contributed by atoms with Crippen LogP contribution < -0.4 is 28.4 Å². The Morgan fingerprint density at radius 3 is 1.69 bits per heavy atom. The minimum Gasteiger partial charge on any atom is -0.493 e. The molecule has 7 heteroatoms. The lowest BCUT2D eigenvalue weighted by Crippen LogP contribution is -2.46. The van der Waals surface area contributed by atoms with Gasteiger partial charge in [0.15, 0.2) is 29.2 Å². The molecular weight excluding hydrogens is 494 g/mol. The average molecular weight is 548 g/mol. The van der Waals surface area contributed by atoms with Gasteiger partial charge in [-0.3, -0.25) is 4.90 Å². The minimum atomic E-state index is -0.0144. The zero-order valence-electron chi connectivity index (χ0n) is 26.5. The van der Waals surface area contributed by atoms with Gasteiger partial charge in [0.25, 0.3) is 0 Å². The van der Waals surface area contributed by atoms with E-state index in [1.807, 2.05) is 73.6 Å². The van der Waals surface area contributed by atoms with Crippen molar-refractivity contribution < 1.29 is 28.4 Å². The van der Waals surface area contributed by atoms with Crippen molar-refractivity contribution >= 4 is 0 Å². The van der Waals surface area contributed by atoms with Gasteiger partial charge >= 0.3 is 0 Å². The first-order valence-corrected chi connectivity index (χ1v) is 14.8. The highest BCUT2D eigenvalue weighted by Gasteiger charge is 2.42. The van der Waals surface area contributed by atoms with Gasteiger partial charge in [0.2, 0.25) is 12.5 Å². The summed E-state index contributed by atoms with van der Waals surface area (Å²) in [6.07, 6.45) is 2.39. The lowest BCUT2D eigenvalue weighted by molar-refractivity contribution is -0.0178. The van der Waals surface area contributed by atoms with Gasteiger partial charge in [-0.2, -0.15) is 0 Å². The topological polar surface area (TPSA) is 58.6 Å². The normalized spacial score (nSPS) is 20.1. The molecule has 0 spiro atoms. The fourth-order valence-corrected chi connectivity index (χ4v) is 5.14. The third kappa shape index (κ3) is 7.44. The SMILES string of the molecule is CC.CC.CC.CC.COc1cc(C2c3cc4c(cc3OC(N3CCCC3)C2C)OCO4)cc(OC)c1OC. The first kappa shape index (κ1) is 34.2. The summed E-state index contributed by atoms with van der Waals surface area (Å²) in [4.78, 5) is 2.45. The smallest absolute Gasteiger partial charge is 0.231 e. The van der Waals surface area contributed by atoms with Gasteiger partial charge in [-0.1, -0.05) is 62.3 Å². The zero-order chi connectivity index (χ0) is 29.5. The second kappa shape index (κ2) is 17.7. The Morgan fingerprint density at radius 2 is 1.21 bits per heavy atom. The molecule has 3 heterocycles. The minimum absolute atomic E-state index is 0.0144. The summed E-state index contributed by atoms with van der Waals surface area (Å²) in [7, 11) is 4.91. The van der Waals surface area contributed by atoms with Crippen LogP contribution in [0.1, 0.15) is 92.2 Å². The van der Waals surface area contributed by atoms with Crippen molar-refractivity contribution in [2.45, 2.75) is 87.3 Å². The summed E-state index contributed by atoms with van der Waals surface area (Å²) in [6, 6.07) is 8.12. The molecule has 1 saturated heterocycles. The molecule has 0 amide bonds. The quantitative estimate of drug-likeness (QED) is 0.374. The molecule has 3 unspecified atom stereocenters. The summed E-state index contributed by atoms with van der Waals surface area (Å²) < 4.78 is 34.7. The maximum absolute atomic E-state index is 6.57. The van der Waals surface area contributed by atoms with Crippen LogP contribution in [0.25, 0.3) is 0 Å². The summed E-state index contributed by atoms with van der Waals surface area (Å²) >= 11 is 0. The van der Waals surface area contributed by atoms with Crippen LogP contribution in [0.2, 0.25) is 0 Å². The van der Waals surface area contributed by atoms with E-state index in [9.17, 15) is 0 Å². The molecule has 0 saturated carbocycles. The standard InChI is InChI=1S/C24H29NO6.4C2H6/c1-14-22(15-9-20(26-2)23(28-4)21(10-15)27-3)16-11-18-19(30-13-29-18)12-17(16)31-24(14)25-7-5-6-8-25;4*1-2/h9-12,14,22,24H,5-8,13H2,1-4H3;4*1-2H3. The highest BCUT2D eigenvalue weighted by atomic mass is 16.7. The van der Waals surface area contributed by atoms with Gasteiger partial charge in [-0.05, 0) is 36.6 Å². The van der Waals surface area contributed by atoms with Crippen molar-refractivity contribution in [3.63, 3.8) is 0 Å². The van der Waals surface area contributed by atoms with Crippen molar-refractivity contribution in [1.82, 2.24) is 4.90 Å². The van der Waals surface area contributed by atoms with Crippen LogP contribution in [0.15, 0.2) is 24.3 Å². The zero-order valence-corrected chi connectivity index (χ0v) is 26.5. The van der Waals surface area contributed by atoms with Crippen molar-refractivity contribution in [3.8, 4) is 34.5 Å². The molecule has 3 atom stereocenters. The molecular formula is C32H53NO6. The fraction of sp³-hybridized carbons (Fsp3) is 0.625. The van der Waals surface area contributed by atoms with E-state index >= 15 is 0 Å². The molecule has 0 aliphatic carbocycles. The van der Waals surface area contributed by atoms with Crippen LogP contribution in [0.3, 0.4) is 0 Å². The fourth-order valence-electron chi connectivity index (χ4n) is 5.14. The van der Waals surface area contributed by atoms with Crippen LogP contribution in [-0.4, -0.2) is 52.3 Å². The summed E-state index contributed by atoms with van der Waals surface area (Å²) in [5, 5.41) is 0. The number of hydrogen-bond acceptors (Lipinski definition) is 7. The molecule has 5 rings (SSSR count). The molecule has 39 heavy (non-hydrogen) atoms. The summed E-state index contributed by atoms with van der Waals surface area (Å²) in [6.45, 7) is 20.6. The van der Waals surface area contributed by atoms with E-state index < -0.39 is 0 Å². The van der Waals surface area contributed by atoms with Crippen LogP contribution in [0.5, 0.6) is 34.5 Å². The van der Waals surface area contributed by atoms with Gasteiger partial charge in [-0.15, -0.1) is 0 Å². The Kier molecular flexibility index (Phi) is 15.6. The Labute approximate surface area is 237 Å². The molecule has 0 N–H and O–H groups in total. The molecule has 0 radical (unpaired) electrons. The Morgan fingerprint density at radius 1 is 0.692 bits per heavy atom. The van der Waals surface area contributed by atoms with E-state index in [2.05, 4.69) is 17.9 Å². The van der Waals surface area contributed by atoms with E-state index in [-0.39, 0.29) is 24.9 Å². The van der Waals surface area contributed by atoms with Crippen LogP contribution in [-0.2, 0) is 0 Å². The highest BCUT2D eigenvalue weighted by molar-refractivity contribution is 5.60. The average Bonchev–Trinajstić information content (AvgIpc) is 3.71. The predicted octanol–water partition coefficient (Wildman–Crippen LogP) is 8.13. The van der Waals surface area contributed by atoms with Crippen LogP contribution in [0, 0.1) is 5.92 Å². The number of methoxy groups -OCH3 is 3. The van der Waals surface area contributed by atoms with Crippen molar-refractivity contribution in [2.75, 3.05) is 41.2 Å². The monoisotopic (exact) mass is 547 g/mol. The number of hydrogen-bond donors (Lipinski definition) is 0. The van der Waals surface area contributed by atoms with Gasteiger partial charge < -0.3 is 28.4 Å². The van der Waals surface area contributed by atoms with Crippen LogP contribution in [0.4, 0.5) is 0 Å². The maximum atomic E-state index is 6.57. The Balaban J connectivity index is 0.000000874. The van der Waals surface area contributed by atoms with E-state index in [1.165, 1.54) is 12.8 Å². The second-order valence-electron chi connectivity index (χ2n) is 8.29. The van der Waals surface area contributed by atoms with Gasteiger partial charge in [0.05, 0.1) is 21.3 Å². The molecule has 0 aromatic heterocycles. The van der Waals surface area contributed by atoms with E-state index in [0.29, 0.717) is 17.2 Å². The lowest BCUT2D eigenvalue weighted by atomic mass is 9.78. The first-order valence-electron chi connectivity index (χ1n) is 14.8. The maximum Gasteiger partial charge on any atom is 0.231 e. The summed E-state index contributed by atoms with van der Waals surface area (Å²) in [5.74, 6) is 4.50. The number of benzene rings is 2. The number of fused-ring (bicyclic) bond motifs is 2. The van der Waals surface area contributed by atoms with E-state index in [0.717, 1.165) is 41.5 Å². The molecule has 7 nitrogen and oxygen atoms in total. The van der Waals surface area contributed by atoms with Crippen LogP contribution >= 0.6 is 0 Å².